The molecule has 0 aliphatic heterocycles. The smallest absolute Gasteiger partial charge is 0.244 e. The van der Waals surface area contributed by atoms with Crippen LogP contribution in [0.25, 0.3) is 0 Å². The number of nitrogens with one attached hydrogen (secondary N) is 1. The number of hydrogen-bond acceptors (Lipinski definition) is 5. The van der Waals surface area contributed by atoms with Crippen LogP contribution in [0, 0.1) is 6.92 Å². The highest BCUT2D eigenvalue weighted by atomic mass is 32.2. The van der Waals surface area contributed by atoms with Gasteiger partial charge >= 0.3 is 0 Å². The molecular weight excluding hydrogens is 244 g/mol. The first-order valence-corrected chi connectivity index (χ1v) is 6.69. The fourth-order valence-electron chi connectivity index (χ4n) is 1.35. The van der Waals surface area contributed by atoms with Gasteiger partial charge in [0.2, 0.25) is 10.0 Å². The largest absolute Gasteiger partial charge is 0.462 e. The van der Waals surface area contributed by atoms with Gasteiger partial charge in [0.1, 0.15) is 23.0 Å². The maximum Gasteiger partial charge on any atom is 0.244 e. The predicted molar refractivity (Wildman–Crippen MR) is 63.1 cm³/mol. The maximum atomic E-state index is 11.9. The fraction of sp³-hybridized carbons (Fsp3) is 0.600. The summed E-state index contributed by atoms with van der Waals surface area (Å²) in [6.07, 6.45) is 0. The third kappa shape index (κ3) is 3.81. The molecular formula is C10H18N2O4S. The molecule has 0 saturated heterocycles. The third-order valence-corrected chi connectivity index (χ3v) is 3.79. The van der Waals surface area contributed by atoms with Crippen molar-refractivity contribution < 1.29 is 17.9 Å². The van der Waals surface area contributed by atoms with E-state index in [0.717, 1.165) is 0 Å². The van der Waals surface area contributed by atoms with Gasteiger partial charge in [0.15, 0.2) is 0 Å². The molecule has 98 valence electrons. The lowest BCUT2D eigenvalue weighted by Crippen LogP contribution is -2.31. The second-order valence-electron chi connectivity index (χ2n) is 3.99. The quantitative estimate of drug-likeness (QED) is 0.749. The average molecular weight is 262 g/mol. The van der Waals surface area contributed by atoms with E-state index in [2.05, 4.69) is 4.72 Å². The van der Waals surface area contributed by atoms with Crippen LogP contribution in [0.1, 0.15) is 11.5 Å². The molecule has 7 heteroatoms. The van der Waals surface area contributed by atoms with Crippen LogP contribution >= 0.6 is 0 Å². The van der Waals surface area contributed by atoms with Gasteiger partial charge in [0, 0.05) is 19.2 Å². The summed E-state index contributed by atoms with van der Waals surface area (Å²) in [5.74, 6) is 0.530. The Morgan fingerprint density at radius 1 is 1.47 bits per heavy atom. The Morgan fingerprint density at radius 2 is 2.12 bits per heavy atom. The van der Waals surface area contributed by atoms with Crippen molar-refractivity contribution in [2.75, 3.05) is 27.2 Å². The van der Waals surface area contributed by atoms with Crippen molar-refractivity contribution in [3.05, 3.63) is 17.6 Å². The first kappa shape index (κ1) is 14.2. The highest BCUT2D eigenvalue weighted by Crippen LogP contribution is 2.19. The number of aliphatic hydroxyl groups excluding tert-OH is 1. The maximum absolute atomic E-state index is 11.9. The second-order valence-corrected chi connectivity index (χ2v) is 5.73. The molecule has 0 atom stereocenters. The first-order valence-electron chi connectivity index (χ1n) is 5.21. The molecule has 0 unspecified atom stereocenters. The van der Waals surface area contributed by atoms with E-state index in [-0.39, 0.29) is 23.0 Å². The average Bonchev–Trinajstić information content (AvgIpc) is 2.59. The van der Waals surface area contributed by atoms with Gasteiger partial charge in [-0.3, -0.25) is 0 Å². The Labute approximate surface area is 101 Å². The van der Waals surface area contributed by atoms with E-state index in [0.29, 0.717) is 13.1 Å². The highest BCUT2D eigenvalue weighted by molar-refractivity contribution is 7.89. The standard InChI is InChI=1S/C10H18N2O4S/c1-8-10(6-9(7-13)16-8)17(14,15)11-4-5-12(2)3/h6,11,13H,4-5,7H2,1-3H3. The summed E-state index contributed by atoms with van der Waals surface area (Å²) in [5, 5.41) is 8.87. The van der Waals surface area contributed by atoms with E-state index in [9.17, 15) is 8.42 Å². The summed E-state index contributed by atoms with van der Waals surface area (Å²) in [4.78, 5) is 1.96. The van der Waals surface area contributed by atoms with E-state index in [1.165, 1.54) is 6.07 Å². The zero-order valence-electron chi connectivity index (χ0n) is 10.2. The van der Waals surface area contributed by atoms with Crippen LogP contribution < -0.4 is 4.72 Å². The fourth-order valence-corrected chi connectivity index (χ4v) is 2.57. The van der Waals surface area contributed by atoms with Gasteiger partial charge in [-0.25, -0.2) is 13.1 Å². The summed E-state index contributed by atoms with van der Waals surface area (Å²) < 4.78 is 31.4. The lowest BCUT2D eigenvalue weighted by Gasteiger charge is -2.10. The number of nitrogens with zero attached hydrogens (tertiary/aromatic N) is 1. The molecule has 0 fully saturated rings. The zero-order chi connectivity index (χ0) is 13.1. The van der Waals surface area contributed by atoms with Crippen LogP contribution in [0.3, 0.4) is 0 Å². The van der Waals surface area contributed by atoms with E-state index < -0.39 is 10.0 Å². The van der Waals surface area contributed by atoms with Crippen LogP contribution in [0.2, 0.25) is 0 Å². The molecule has 0 aromatic carbocycles. The van der Waals surface area contributed by atoms with Crippen molar-refractivity contribution in [3.8, 4) is 0 Å². The second kappa shape index (κ2) is 5.63. The van der Waals surface area contributed by atoms with Crippen molar-refractivity contribution in [3.63, 3.8) is 0 Å². The van der Waals surface area contributed by atoms with E-state index in [1.54, 1.807) is 6.92 Å². The van der Waals surface area contributed by atoms with Crippen LogP contribution in [0.5, 0.6) is 0 Å². The first-order chi connectivity index (χ1) is 7.86. The van der Waals surface area contributed by atoms with E-state index in [4.69, 9.17) is 9.52 Å². The van der Waals surface area contributed by atoms with Crippen molar-refractivity contribution in [2.24, 2.45) is 0 Å². The summed E-state index contributed by atoms with van der Waals surface area (Å²) in [6, 6.07) is 1.34. The Balaban J connectivity index is 2.78. The number of furan rings is 1. The molecule has 0 bridgehead atoms. The lowest BCUT2D eigenvalue weighted by atomic mass is 10.4. The van der Waals surface area contributed by atoms with Crippen molar-refractivity contribution >= 4 is 10.0 Å². The minimum absolute atomic E-state index is 0.0836. The molecule has 2 N–H and O–H groups in total. The molecule has 1 aromatic rings. The minimum Gasteiger partial charge on any atom is -0.462 e. The summed E-state index contributed by atoms with van der Waals surface area (Å²) in [5.41, 5.74) is 0. The summed E-state index contributed by atoms with van der Waals surface area (Å²) >= 11 is 0. The van der Waals surface area contributed by atoms with Gasteiger partial charge in [0.05, 0.1) is 0 Å². The molecule has 1 rings (SSSR count). The van der Waals surface area contributed by atoms with Crippen molar-refractivity contribution in [1.29, 1.82) is 0 Å². The molecule has 0 aliphatic carbocycles. The molecule has 1 heterocycles. The Morgan fingerprint density at radius 3 is 2.59 bits per heavy atom. The topological polar surface area (TPSA) is 82.8 Å². The number of sulfonamides is 1. The van der Waals surface area contributed by atoms with Gasteiger partial charge in [-0.2, -0.15) is 0 Å². The summed E-state index contributed by atoms with van der Waals surface area (Å²) in [6.45, 7) is 2.19. The molecule has 6 nitrogen and oxygen atoms in total. The van der Waals surface area contributed by atoms with E-state index in [1.807, 2.05) is 19.0 Å². The third-order valence-electron chi connectivity index (χ3n) is 2.22. The molecule has 0 spiro atoms. The molecule has 0 radical (unpaired) electrons. The molecule has 1 aromatic heterocycles. The van der Waals surface area contributed by atoms with Crippen LogP contribution in [-0.2, 0) is 16.6 Å². The molecule has 0 aliphatic rings. The van der Waals surface area contributed by atoms with Crippen LogP contribution in [0.15, 0.2) is 15.4 Å². The Bertz CT molecular complexity index is 465. The van der Waals surface area contributed by atoms with Crippen molar-refractivity contribution in [2.45, 2.75) is 18.4 Å². The zero-order valence-corrected chi connectivity index (χ0v) is 11.0. The monoisotopic (exact) mass is 262 g/mol. The van der Waals surface area contributed by atoms with Gasteiger partial charge in [-0.1, -0.05) is 0 Å². The van der Waals surface area contributed by atoms with Gasteiger partial charge in [-0.05, 0) is 21.0 Å². The number of aliphatic hydroxyl groups is 1. The molecule has 0 saturated carbocycles. The number of likely N-dealkylation sites (N-methyl/N-ethyl adjacent to an activating group) is 1. The number of aryl methyl sites for hydroxylation is 1. The Hall–Kier alpha value is -0.890. The number of rotatable bonds is 6. The van der Waals surface area contributed by atoms with Gasteiger partial charge in [-0.15, -0.1) is 0 Å². The van der Waals surface area contributed by atoms with Crippen LogP contribution in [-0.4, -0.2) is 45.6 Å². The normalized spacial score (nSPS) is 12.3. The SMILES string of the molecule is Cc1oc(CO)cc1S(=O)(=O)NCCN(C)C. The van der Waals surface area contributed by atoms with Crippen molar-refractivity contribution in [1.82, 2.24) is 9.62 Å². The Kier molecular flexibility index (Phi) is 4.70. The number of hydrogen-bond donors (Lipinski definition) is 2. The highest BCUT2D eigenvalue weighted by Gasteiger charge is 2.20. The van der Waals surface area contributed by atoms with Crippen LogP contribution in [0.4, 0.5) is 0 Å². The lowest BCUT2D eigenvalue weighted by molar-refractivity contribution is 0.244. The molecule has 0 amide bonds. The van der Waals surface area contributed by atoms with Gasteiger partial charge in [0.25, 0.3) is 0 Å². The van der Waals surface area contributed by atoms with E-state index >= 15 is 0 Å². The minimum atomic E-state index is -3.56. The predicted octanol–water partition coefficient (Wildman–Crippen LogP) is -0.0798. The summed E-state index contributed by atoms with van der Waals surface area (Å²) in [7, 11) is 0.167. The molecule has 17 heavy (non-hydrogen) atoms. The van der Waals surface area contributed by atoms with Gasteiger partial charge < -0.3 is 14.4 Å².